The fourth-order valence-corrected chi connectivity index (χ4v) is 1.78. The Morgan fingerprint density at radius 3 is 2.17 bits per heavy atom. The minimum atomic E-state index is -3.41. The molecule has 0 aliphatic rings. The summed E-state index contributed by atoms with van der Waals surface area (Å²) in [4.78, 5) is 1.32. The van der Waals surface area contributed by atoms with E-state index >= 15 is 0 Å². The summed E-state index contributed by atoms with van der Waals surface area (Å²) < 4.78 is 33.2. The number of anilines is 1. The average Bonchev–Trinajstić information content (AvgIpc) is 2.37. The Morgan fingerprint density at radius 1 is 1.28 bits per heavy atom. The molecule has 1 aromatic carbocycles. The third-order valence-electron chi connectivity index (χ3n) is 3.32. The molecule has 5 heteroatoms. The number of alkyl halides is 2. The molecule has 0 aliphatic carbocycles. The normalized spacial score (nSPS) is 17.1. The summed E-state index contributed by atoms with van der Waals surface area (Å²) in [5, 5.41) is 9.29. The molecule has 0 aromatic heterocycles. The SMILES string of the molecule is COC(C)(N(C)c1ccccc1)C(F)(F)C(C)O. The van der Waals surface area contributed by atoms with Gasteiger partial charge in [-0.25, -0.2) is 0 Å². The number of ether oxygens (including phenoxy) is 1. The minimum Gasteiger partial charge on any atom is -0.387 e. The van der Waals surface area contributed by atoms with E-state index in [1.807, 2.05) is 0 Å². The first-order valence-corrected chi connectivity index (χ1v) is 5.67. The van der Waals surface area contributed by atoms with E-state index in [4.69, 9.17) is 4.74 Å². The predicted octanol–water partition coefficient (Wildman–Crippen LogP) is 2.50. The predicted molar refractivity (Wildman–Crippen MR) is 66.9 cm³/mol. The molecule has 3 nitrogen and oxygen atoms in total. The molecule has 0 aliphatic heterocycles. The number of methoxy groups -OCH3 is 1. The van der Waals surface area contributed by atoms with Gasteiger partial charge in [-0.1, -0.05) is 18.2 Å². The van der Waals surface area contributed by atoms with E-state index in [2.05, 4.69) is 0 Å². The summed E-state index contributed by atoms with van der Waals surface area (Å²) in [6.07, 6.45) is -1.81. The first-order valence-electron chi connectivity index (χ1n) is 5.67. The van der Waals surface area contributed by atoms with Crippen LogP contribution in [0.3, 0.4) is 0 Å². The van der Waals surface area contributed by atoms with Crippen molar-refractivity contribution in [1.29, 1.82) is 0 Å². The zero-order valence-corrected chi connectivity index (χ0v) is 11.0. The maximum atomic E-state index is 14.1. The number of hydrogen-bond acceptors (Lipinski definition) is 3. The standard InChI is InChI=1S/C13H19F2NO2/c1-10(17)13(14,15)12(2,18-4)16(3)11-8-6-5-7-9-11/h5-10,17H,1-4H3. The fraction of sp³-hybridized carbons (Fsp3) is 0.538. The molecular formula is C13H19F2NO2. The van der Waals surface area contributed by atoms with Gasteiger partial charge in [-0.15, -0.1) is 0 Å². The second kappa shape index (κ2) is 5.20. The van der Waals surface area contributed by atoms with Gasteiger partial charge in [0.05, 0.1) is 0 Å². The molecule has 0 fully saturated rings. The number of rotatable bonds is 5. The van der Waals surface area contributed by atoms with E-state index in [9.17, 15) is 13.9 Å². The fourth-order valence-electron chi connectivity index (χ4n) is 1.78. The van der Waals surface area contributed by atoms with Crippen molar-refractivity contribution in [2.45, 2.75) is 31.6 Å². The smallest absolute Gasteiger partial charge is 0.319 e. The lowest BCUT2D eigenvalue weighted by Crippen LogP contribution is -2.62. The largest absolute Gasteiger partial charge is 0.387 e. The highest BCUT2D eigenvalue weighted by Gasteiger charge is 2.57. The van der Waals surface area contributed by atoms with Gasteiger partial charge in [0.1, 0.15) is 6.10 Å². The van der Waals surface area contributed by atoms with Gasteiger partial charge in [-0.05, 0) is 26.0 Å². The van der Waals surface area contributed by atoms with E-state index in [0.717, 1.165) is 6.92 Å². The van der Waals surface area contributed by atoms with Crippen LogP contribution in [0.2, 0.25) is 0 Å². The van der Waals surface area contributed by atoms with E-state index in [1.54, 1.807) is 30.3 Å². The Labute approximate surface area is 106 Å². The summed E-state index contributed by atoms with van der Waals surface area (Å²) in [7, 11) is 2.71. The van der Waals surface area contributed by atoms with Crippen LogP contribution in [0.4, 0.5) is 14.5 Å². The van der Waals surface area contributed by atoms with Crippen LogP contribution in [0.25, 0.3) is 0 Å². The number of hydrogen-bond donors (Lipinski definition) is 1. The lowest BCUT2D eigenvalue weighted by molar-refractivity contribution is -0.228. The molecule has 2 atom stereocenters. The van der Waals surface area contributed by atoms with Crippen molar-refractivity contribution in [2.24, 2.45) is 0 Å². The monoisotopic (exact) mass is 259 g/mol. The molecular weight excluding hydrogens is 240 g/mol. The highest BCUT2D eigenvalue weighted by Crippen LogP contribution is 2.38. The van der Waals surface area contributed by atoms with Crippen LogP contribution in [0, 0.1) is 0 Å². The summed E-state index contributed by atoms with van der Waals surface area (Å²) >= 11 is 0. The highest BCUT2D eigenvalue weighted by atomic mass is 19.3. The highest BCUT2D eigenvalue weighted by molar-refractivity contribution is 5.47. The molecule has 0 spiro atoms. The van der Waals surface area contributed by atoms with Crippen molar-refractivity contribution in [2.75, 3.05) is 19.1 Å². The molecule has 1 rings (SSSR count). The molecule has 2 unspecified atom stereocenters. The maximum absolute atomic E-state index is 14.1. The summed E-state index contributed by atoms with van der Waals surface area (Å²) in [5.74, 6) is -3.41. The number of aliphatic hydroxyl groups is 1. The van der Waals surface area contributed by atoms with E-state index in [0.29, 0.717) is 5.69 Å². The Hall–Kier alpha value is -1.20. The number of benzene rings is 1. The molecule has 1 aromatic rings. The average molecular weight is 259 g/mol. The van der Waals surface area contributed by atoms with Crippen molar-refractivity contribution in [3.8, 4) is 0 Å². The lowest BCUT2D eigenvalue weighted by Gasteiger charge is -2.45. The van der Waals surface area contributed by atoms with E-state index < -0.39 is 17.8 Å². The van der Waals surface area contributed by atoms with Gasteiger partial charge in [0, 0.05) is 19.8 Å². The van der Waals surface area contributed by atoms with E-state index in [1.165, 1.54) is 26.0 Å². The van der Waals surface area contributed by atoms with Gasteiger partial charge in [0.25, 0.3) is 0 Å². The van der Waals surface area contributed by atoms with Crippen molar-refractivity contribution < 1.29 is 18.6 Å². The lowest BCUT2D eigenvalue weighted by atomic mass is 10.00. The Bertz CT molecular complexity index is 384. The third-order valence-corrected chi connectivity index (χ3v) is 3.32. The topological polar surface area (TPSA) is 32.7 Å². The van der Waals surface area contributed by atoms with Crippen LogP contribution in [0.15, 0.2) is 30.3 Å². The van der Waals surface area contributed by atoms with Crippen molar-refractivity contribution in [1.82, 2.24) is 0 Å². The molecule has 18 heavy (non-hydrogen) atoms. The van der Waals surface area contributed by atoms with Crippen molar-refractivity contribution in [3.05, 3.63) is 30.3 Å². The molecule has 0 saturated carbocycles. The molecule has 0 radical (unpaired) electrons. The Balaban J connectivity index is 3.16. The van der Waals surface area contributed by atoms with Gasteiger partial charge < -0.3 is 14.7 Å². The van der Waals surface area contributed by atoms with Crippen LogP contribution >= 0.6 is 0 Å². The first kappa shape index (κ1) is 14.9. The number of halogens is 2. The summed E-state index contributed by atoms with van der Waals surface area (Å²) in [6, 6.07) is 8.71. The van der Waals surface area contributed by atoms with Crippen molar-refractivity contribution in [3.63, 3.8) is 0 Å². The second-order valence-corrected chi connectivity index (χ2v) is 4.38. The summed E-state index contributed by atoms with van der Waals surface area (Å²) in [6.45, 7) is 2.31. The number of para-hydroxylation sites is 1. The van der Waals surface area contributed by atoms with Gasteiger partial charge in [0.2, 0.25) is 5.72 Å². The molecule has 0 amide bonds. The van der Waals surface area contributed by atoms with Crippen LogP contribution < -0.4 is 4.90 Å². The minimum absolute atomic E-state index is 0.585. The summed E-state index contributed by atoms with van der Waals surface area (Å²) in [5.41, 5.74) is -1.34. The van der Waals surface area contributed by atoms with Crippen LogP contribution in [-0.4, -0.2) is 37.0 Å². The quantitative estimate of drug-likeness (QED) is 0.825. The van der Waals surface area contributed by atoms with Crippen molar-refractivity contribution >= 4 is 5.69 Å². The van der Waals surface area contributed by atoms with Gasteiger partial charge in [-0.3, -0.25) is 0 Å². The Morgan fingerprint density at radius 2 is 1.78 bits per heavy atom. The van der Waals surface area contributed by atoms with Gasteiger partial charge in [0.15, 0.2) is 0 Å². The molecule has 102 valence electrons. The molecule has 0 heterocycles. The third kappa shape index (κ3) is 2.33. The van der Waals surface area contributed by atoms with Crippen LogP contribution in [-0.2, 0) is 4.74 Å². The molecule has 1 N–H and O–H groups in total. The number of aliphatic hydroxyl groups excluding tert-OH is 1. The number of nitrogens with zero attached hydrogens (tertiary/aromatic N) is 1. The Kier molecular flexibility index (Phi) is 4.29. The van der Waals surface area contributed by atoms with Crippen LogP contribution in [0.1, 0.15) is 13.8 Å². The maximum Gasteiger partial charge on any atom is 0.319 e. The van der Waals surface area contributed by atoms with E-state index in [-0.39, 0.29) is 0 Å². The van der Waals surface area contributed by atoms with Crippen LogP contribution in [0.5, 0.6) is 0 Å². The second-order valence-electron chi connectivity index (χ2n) is 4.38. The molecule has 0 saturated heterocycles. The zero-order chi connectivity index (χ0) is 14.0. The van der Waals surface area contributed by atoms with Gasteiger partial charge in [-0.2, -0.15) is 8.78 Å². The molecule has 0 bridgehead atoms. The van der Waals surface area contributed by atoms with Gasteiger partial charge >= 0.3 is 5.92 Å². The zero-order valence-electron chi connectivity index (χ0n) is 11.0. The first-order chi connectivity index (χ1) is 8.27.